The molecule has 0 atom stereocenters. The van der Waals surface area contributed by atoms with E-state index in [1.54, 1.807) is 19.1 Å². The Hall–Kier alpha value is -1.88. The molecule has 2 rings (SSSR count). The number of halogens is 1. The predicted molar refractivity (Wildman–Crippen MR) is 62.3 cm³/mol. The van der Waals surface area contributed by atoms with Crippen LogP contribution in [0.3, 0.4) is 0 Å². The molecule has 0 aliphatic heterocycles. The molecule has 0 unspecified atom stereocenters. The van der Waals surface area contributed by atoms with Crippen LogP contribution in [0.1, 0.15) is 17.4 Å². The average molecular weight is 252 g/mol. The highest BCUT2D eigenvalue weighted by molar-refractivity contribution is 6.32. The average Bonchev–Trinajstić information content (AvgIpc) is 2.79. The van der Waals surface area contributed by atoms with Crippen molar-refractivity contribution in [2.24, 2.45) is 0 Å². The highest BCUT2D eigenvalue weighted by Gasteiger charge is 2.13. The van der Waals surface area contributed by atoms with Crippen molar-refractivity contribution in [2.45, 2.75) is 6.92 Å². The van der Waals surface area contributed by atoms with Crippen molar-refractivity contribution in [3.63, 3.8) is 0 Å². The van der Waals surface area contributed by atoms with Crippen molar-refractivity contribution in [1.29, 1.82) is 0 Å². The van der Waals surface area contributed by atoms with Gasteiger partial charge in [0.25, 0.3) is 0 Å². The van der Waals surface area contributed by atoms with Crippen molar-refractivity contribution >= 4 is 17.6 Å². The molecule has 2 aromatic rings. The largest absolute Gasteiger partial charge is 0.461 e. The maximum absolute atomic E-state index is 11.4. The molecule has 0 aliphatic carbocycles. The van der Waals surface area contributed by atoms with Crippen LogP contribution in [0.25, 0.3) is 5.69 Å². The number of rotatable bonds is 3. The Labute approximate surface area is 103 Å². The number of benzene rings is 1. The molecule has 0 bridgehead atoms. The van der Waals surface area contributed by atoms with Crippen molar-refractivity contribution in [2.75, 3.05) is 6.61 Å². The summed E-state index contributed by atoms with van der Waals surface area (Å²) in [7, 11) is 0. The van der Waals surface area contributed by atoms with Gasteiger partial charge in [0.15, 0.2) is 5.69 Å². The topological polar surface area (TPSA) is 57.0 Å². The van der Waals surface area contributed by atoms with Crippen LogP contribution in [0.4, 0.5) is 0 Å². The maximum atomic E-state index is 11.4. The van der Waals surface area contributed by atoms with Gasteiger partial charge in [0.2, 0.25) is 0 Å². The van der Waals surface area contributed by atoms with Gasteiger partial charge in [-0.2, -0.15) is 5.10 Å². The number of ether oxygens (including phenoxy) is 1. The molecule has 88 valence electrons. The van der Waals surface area contributed by atoms with E-state index in [4.69, 9.17) is 16.3 Å². The van der Waals surface area contributed by atoms with E-state index in [0.717, 1.165) is 0 Å². The third kappa shape index (κ3) is 2.45. The Morgan fingerprint density at radius 1 is 1.47 bits per heavy atom. The molecule has 0 saturated carbocycles. The van der Waals surface area contributed by atoms with Crippen molar-refractivity contribution in [1.82, 2.24) is 15.0 Å². The molecule has 0 amide bonds. The van der Waals surface area contributed by atoms with Crippen LogP contribution in [0.15, 0.2) is 30.5 Å². The van der Waals surface area contributed by atoms with Gasteiger partial charge in [0.05, 0.1) is 17.8 Å². The first-order chi connectivity index (χ1) is 8.22. The standard InChI is InChI=1S/C11H10ClN3O2/c1-2-17-11(16)9-7-13-15(14-9)10-6-4-3-5-8(10)12/h3-7H,2H2,1H3. The van der Waals surface area contributed by atoms with Crippen LogP contribution in [0.5, 0.6) is 0 Å². The van der Waals surface area contributed by atoms with Crippen LogP contribution < -0.4 is 0 Å². The number of esters is 1. The van der Waals surface area contributed by atoms with Gasteiger partial charge in [-0.25, -0.2) is 4.79 Å². The summed E-state index contributed by atoms with van der Waals surface area (Å²) < 4.78 is 4.82. The van der Waals surface area contributed by atoms with Gasteiger partial charge in [-0.1, -0.05) is 23.7 Å². The minimum absolute atomic E-state index is 0.159. The molecule has 0 saturated heterocycles. The minimum Gasteiger partial charge on any atom is -0.461 e. The molecular formula is C11H10ClN3O2. The molecule has 1 heterocycles. The number of carbonyl (C=O) groups excluding carboxylic acids is 1. The van der Waals surface area contributed by atoms with E-state index in [1.165, 1.54) is 11.0 Å². The van der Waals surface area contributed by atoms with Gasteiger partial charge in [-0.05, 0) is 19.1 Å². The SMILES string of the molecule is CCOC(=O)c1cnn(-c2ccccc2Cl)n1. The number of nitrogens with zero attached hydrogens (tertiary/aromatic N) is 3. The van der Waals surface area contributed by atoms with E-state index >= 15 is 0 Å². The van der Waals surface area contributed by atoms with E-state index in [2.05, 4.69) is 10.2 Å². The second-order valence-electron chi connectivity index (χ2n) is 3.19. The van der Waals surface area contributed by atoms with Gasteiger partial charge < -0.3 is 4.74 Å². The third-order valence-electron chi connectivity index (χ3n) is 2.04. The Morgan fingerprint density at radius 3 is 2.94 bits per heavy atom. The first-order valence-corrected chi connectivity index (χ1v) is 5.44. The summed E-state index contributed by atoms with van der Waals surface area (Å²) in [6, 6.07) is 7.11. The van der Waals surface area contributed by atoms with Crippen LogP contribution in [0, 0.1) is 0 Å². The Kier molecular flexibility index (Phi) is 3.39. The quantitative estimate of drug-likeness (QED) is 0.784. The van der Waals surface area contributed by atoms with Gasteiger partial charge in [0, 0.05) is 0 Å². The summed E-state index contributed by atoms with van der Waals surface area (Å²) in [5, 5.41) is 8.49. The second kappa shape index (κ2) is 4.97. The maximum Gasteiger partial charge on any atom is 0.360 e. The van der Waals surface area contributed by atoms with E-state index in [1.807, 2.05) is 12.1 Å². The number of hydrogen-bond acceptors (Lipinski definition) is 4. The molecular weight excluding hydrogens is 242 g/mol. The lowest BCUT2D eigenvalue weighted by atomic mass is 10.3. The number of hydrogen-bond donors (Lipinski definition) is 0. The van der Waals surface area contributed by atoms with Gasteiger partial charge in [-0.15, -0.1) is 9.90 Å². The minimum atomic E-state index is -0.495. The molecule has 0 radical (unpaired) electrons. The molecule has 0 aliphatic rings. The van der Waals surface area contributed by atoms with Crippen LogP contribution in [-0.2, 0) is 4.74 Å². The zero-order valence-electron chi connectivity index (χ0n) is 9.13. The Bertz CT molecular complexity index is 539. The molecule has 0 N–H and O–H groups in total. The summed E-state index contributed by atoms with van der Waals surface area (Å²) in [5.41, 5.74) is 0.775. The summed E-state index contributed by atoms with van der Waals surface area (Å²) in [6.45, 7) is 2.04. The lowest BCUT2D eigenvalue weighted by molar-refractivity contribution is 0.0519. The summed E-state index contributed by atoms with van der Waals surface area (Å²) >= 11 is 5.99. The van der Waals surface area contributed by atoms with Gasteiger partial charge in [-0.3, -0.25) is 0 Å². The van der Waals surface area contributed by atoms with Gasteiger partial charge in [0.1, 0.15) is 5.69 Å². The lowest BCUT2D eigenvalue weighted by Gasteiger charge is -2.01. The second-order valence-corrected chi connectivity index (χ2v) is 3.60. The number of carbonyl (C=O) groups is 1. The highest BCUT2D eigenvalue weighted by atomic mass is 35.5. The molecule has 5 nitrogen and oxygen atoms in total. The molecule has 17 heavy (non-hydrogen) atoms. The number of para-hydroxylation sites is 1. The van der Waals surface area contributed by atoms with E-state index < -0.39 is 5.97 Å². The summed E-state index contributed by atoms with van der Waals surface area (Å²) in [6.07, 6.45) is 1.35. The predicted octanol–water partition coefficient (Wildman–Crippen LogP) is 2.10. The zero-order chi connectivity index (χ0) is 12.3. The summed E-state index contributed by atoms with van der Waals surface area (Å²) in [4.78, 5) is 12.7. The summed E-state index contributed by atoms with van der Waals surface area (Å²) in [5.74, 6) is -0.495. The Morgan fingerprint density at radius 2 is 2.24 bits per heavy atom. The van der Waals surface area contributed by atoms with Crippen LogP contribution >= 0.6 is 11.6 Å². The fourth-order valence-electron chi connectivity index (χ4n) is 1.29. The van der Waals surface area contributed by atoms with Crippen molar-refractivity contribution in [3.8, 4) is 5.69 Å². The number of aromatic nitrogens is 3. The van der Waals surface area contributed by atoms with E-state index in [9.17, 15) is 4.79 Å². The molecule has 0 spiro atoms. The van der Waals surface area contributed by atoms with Crippen molar-refractivity contribution < 1.29 is 9.53 Å². The van der Waals surface area contributed by atoms with E-state index in [-0.39, 0.29) is 5.69 Å². The highest BCUT2D eigenvalue weighted by Crippen LogP contribution is 2.17. The molecule has 6 heteroatoms. The first kappa shape index (κ1) is 11.6. The smallest absolute Gasteiger partial charge is 0.360 e. The fraction of sp³-hybridized carbons (Fsp3) is 0.182. The molecule has 1 aromatic heterocycles. The monoisotopic (exact) mass is 251 g/mol. The van der Waals surface area contributed by atoms with Crippen LogP contribution in [-0.4, -0.2) is 27.6 Å². The lowest BCUT2D eigenvalue weighted by Crippen LogP contribution is -2.07. The van der Waals surface area contributed by atoms with Gasteiger partial charge >= 0.3 is 5.97 Å². The zero-order valence-corrected chi connectivity index (χ0v) is 9.89. The molecule has 1 aromatic carbocycles. The fourth-order valence-corrected chi connectivity index (χ4v) is 1.50. The van der Waals surface area contributed by atoms with E-state index in [0.29, 0.717) is 17.3 Å². The van der Waals surface area contributed by atoms with Crippen molar-refractivity contribution in [3.05, 3.63) is 41.2 Å². The third-order valence-corrected chi connectivity index (χ3v) is 2.36. The Balaban J connectivity index is 2.30. The first-order valence-electron chi connectivity index (χ1n) is 5.06. The van der Waals surface area contributed by atoms with Crippen LogP contribution in [0.2, 0.25) is 5.02 Å². The molecule has 0 fully saturated rings. The normalized spacial score (nSPS) is 10.2.